The van der Waals surface area contributed by atoms with Crippen molar-refractivity contribution in [1.82, 2.24) is 4.98 Å². The van der Waals surface area contributed by atoms with Crippen molar-refractivity contribution in [3.05, 3.63) is 88.6 Å². The highest BCUT2D eigenvalue weighted by atomic mass is 16.5. The minimum absolute atomic E-state index is 0.00112. The molecule has 0 spiro atoms. The number of anilines is 1. The molecule has 2 aromatic carbocycles. The van der Waals surface area contributed by atoms with E-state index in [9.17, 15) is 9.90 Å². The molecule has 1 aromatic heterocycles. The summed E-state index contributed by atoms with van der Waals surface area (Å²) in [5.41, 5.74) is 5.91. The number of hydrogen-bond donors (Lipinski definition) is 2. The van der Waals surface area contributed by atoms with Crippen LogP contribution in [0.3, 0.4) is 0 Å². The molecule has 1 atom stereocenters. The smallest absolute Gasteiger partial charge is 0.303 e. The molecule has 0 bridgehead atoms. The Labute approximate surface area is 183 Å². The third-order valence-corrected chi connectivity index (χ3v) is 5.81. The molecule has 5 nitrogen and oxygen atoms in total. The number of carboxylic acid groups (broad SMARTS) is 1. The normalized spacial score (nSPS) is 14.8. The minimum Gasteiger partial charge on any atom is -0.493 e. The Kier molecular flexibility index (Phi) is 6.51. The molecule has 0 fully saturated rings. The molecule has 0 amide bonds. The van der Waals surface area contributed by atoms with E-state index in [0.29, 0.717) is 6.61 Å². The highest BCUT2D eigenvalue weighted by Crippen LogP contribution is 2.36. The molecule has 0 aliphatic heterocycles. The number of aromatic nitrogens is 1. The molecule has 4 rings (SSSR count). The Morgan fingerprint density at radius 2 is 1.97 bits per heavy atom. The van der Waals surface area contributed by atoms with E-state index < -0.39 is 5.97 Å². The summed E-state index contributed by atoms with van der Waals surface area (Å²) in [6.07, 6.45) is 4.35. The van der Waals surface area contributed by atoms with Gasteiger partial charge in [0.1, 0.15) is 11.6 Å². The number of ether oxygens (including phenoxy) is 1. The summed E-state index contributed by atoms with van der Waals surface area (Å²) in [6.45, 7) is 3.48. The fourth-order valence-electron chi connectivity index (χ4n) is 4.31. The van der Waals surface area contributed by atoms with Gasteiger partial charge in [-0.3, -0.25) is 4.79 Å². The first-order valence-corrected chi connectivity index (χ1v) is 10.8. The first-order chi connectivity index (χ1) is 15.1. The van der Waals surface area contributed by atoms with Crippen LogP contribution in [0.4, 0.5) is 5.82 Å². The standard InChI is InChI=1S/C26H28N2O3/c1-18-13-20-15-22(17-26(29)30)23-8-3-2-7-19(23)14-21(20)16-24(18)31-12-6-11-28-25-9-4-5-10-27-25/h2-5,7-10,13,16,22H,6,11-12,14-15,17H2,1H3,(H,27,28)(H,29,30). The quantitative estimate of drug-likeness (QED) is 0.507. The van der Waals surface area contributed by atoms with Gasteiger partial charge in [0, 0.05) is 12.7 Å². The maximum absolute atomic E-state index is 11.5. The number of hydrogen-bond acceptors (Lipinski definition) is 4. The molecule has 1 aliphatic rings. The number of rotatable bonds is 8. The predicted molar refractivity (Wildman–Crippen MR) is 122 cm³/mol. The van der Waals surface area contributed by atoms with Crippen molar-refractivity contribution in [3.63, 3.8) is 0 Å². The Hall–Kier alpha value is -3.34. The Morgan fingerprint density at radius 1 is 1.13 bits per heavy atom. The molecule has 0 saturated heterocycles. The number of nitrogens with one attached hydrogen (secondary N) is 1. The first kappa shape index (κ1) is 20.9. The van der Waals surface area contributed by atoms with Gasteiger partial charge in [-0.05, 0) is 78.1 Å². The Balaban J connectivity index is 1.45. The number of aliphatic carboxylic acids is 1. The van der Waals surface area contributed by atoms with Crippen molar-refractivity contribution < 1.29 is 14.6 Å². The number of carbonyl (C=O) groups is 1. The van der Waals surface area contributed by atoms with Crippen LogP contribution in [0.15, 0.2) is 60.8 Å². The third kappa shape index (κ3) is 5.23. The maximum Gasteiger partial charge on any atom is 0.303 e. The van der Waals surface area contributed by atoms with E-state index in [1.807, 2.05) is 30.3 Å². The molecule has 2 N–H and O–H groups in total. The third-order valence-electron chi connectivity index (χ3n) is 5.81. The van der Waals surface area contributed by atoms with Crippen LogP contribution in [0.2, 0.25) is 0 Å². The second-order valence-corrected chi connectivity index (χ2v) is 8.10. The van der Waals surface area contributed by atoms with Gasteiger partial charge in [0.15, 0.2) is 0 Å². The number of fused-ring (bicyclic) bond motifs is 2. The number of nitrogens with zero attached hydrogens (tertiary/aromatic N) is 1. The summed E-state index contributed by atoms with van der Waals surface area (Å²) in [7, 11) is 0. The lowest BCUT2D eigenvalue weighted by atomic mass is 9.88. The van der Waals surface area contributed by atoms with Crippen LogP contribution in [0.25, 0.3) is 0 Å². The van der Waals surface area contributed by atoms with E-state index in [4.69, 9.17) is 4.74 Å². The zero-order valence-electron chi connectivity index (χ0n) is 17.8. The average Bonchev–Trinajstić information content (AvgIpc) is 2.90. The fraction of sp³-hybridized carbons (Fsp3) is 0.308. The van der Waals surface area contributed by atoms with Gasteiger partial charge in [0.05, 0.1) is 13.0 Å². The van der Waals surface area contributed by atoms with Crippen LogP contribution in [0.5, 0.6) is 5.75 Å². The number of aryl methyl sites for hydroxylation is 1. The van der Waals surface area contributed by atoms with Crippen molar-refractivity contribution in [2.45, 2.75) is 38.5 Å². The summed E-state index contributed by atoms with van der Waals surface area (Å²) < 4.78 is 6.11. The number of carboxylic acids is 1. The molecule has 3 aromatic rings. The zero-order chi connectivity index (χ0) is 21.6. The lowest BCUT2D eigenvalue weighted by Gasteiger charge is -2.17. The lowest BCUT2D eigenvalue weighted by molar-refractivity contribution is -0.137. The van der Waals surface area contributed by atoms with E-state index in [1.165, 1.54) is 16.7 Å². The summed E-state index contributed by atoms with van der Waals surface area (Å²) in [6, 6.07) is 18.4. The first-order valence-electron chi connectivity index (χ1n) is 10.8. The molecule has 1 heterocycles. The van der Waals surface area contributed by atoms with Gasteiger partial charge >= 0.3 is 5.97 Å². The van der Waals surface area contributed by atoms with E-state index >= 15 is 0 Å². The second kappa shape index (κ2) is 9.65. The molecule has 0 saturated carbocycles. The predicted octanol–water partition coefficient (Wildman–Crippen LogP) is 4.98. The monoisotopic (exact) mass is 416 g/mol. The fourth-order valence-corrected chi connectivity index (χ4v) is 4.31. The SMILES string of the molecule is Cc1cc2c(cc1OCCCNc1ccccn1)Cc1ccccc1C(CC(=O)O)C2. The van der Waals surface area contributed by atoms with Crippen LogP contribution in [0.1, 0.15) is 46.6 Å². The second-order valence-electron chi connectivity index (χ2n) is 8.10. The van der Waals surface area contributed by atoms with Crippen LogP contribution < -0.4 is 10.1 Å². The van der Waals surface area contributed by atoms with Crippen LogP contribution in [0, 0.1) is 6.92 Å². The van der Waals surface area contributed by atoms with Gasteiger partial charge in [0.2, 0.25) is 0 Å². The van der Waals surface area contributed by atoms with Crippen molar-refractivity contribution in [3.8, 4) is 5.75 Å². The molecule has 1 unspecified atom stereocenters. The summed E-state index contributed by atoms with van der Waals surface area (Å²) in [4.78, 5) is 15.7. The molecule has 5 heteroatoms. The van der Waals surface area contributed by atoms with Gasteiger partial charge in [-0.1, -0.05) is 36.4 Å². The maximum atomic E-state index is 11.5. The Bertz CT molecular complexity index is 1050. The minimum atomic E-state index is -0.751. The van der Waals surface area contributed by atoms with Crippen molar-refractivity contribution in [2.75, 3.05) is 18.5 Å². The summed E-state index contributed by atoms with van der Waals surface area (Å²) in [5.74, 6) is 1.03. The van der Waals surface area contributed by atoms with Crippen LogP contribution in [-0.4, -0.2) is 29.2 Å². The highest BCUT2D eigenvalue weighted by molar-refractivity contribution is 5.68. The number of benzene rings is 2. The topological polar surface area (TPSA) is 71.5 Å². The highest BCUT2D eigenvalue weighted by Gasteiger charge is 2.24. The summed E-state index contributed by atoms with van der Waals surface area (Å²) in [5, 5.41) is 12.7. The van der Waals surface area contributed by atoms with Gasteiger partial charge in [0.25, 0.3) is 0 Å². The van der Waals surface area contributed by atoms with E-state index in [2.05, 4.69) is 41.5 Å². The molecule has 31 heavy (non-hydrogen) atoms. The molecule has 0 radical (unpaired) electrons. The van der Waals surface area contributed by atoms with E-state index in [1.54, 1.807) is 6.20 Å². The van der Waals surface area contributed by atoms with Crippen molar-refractivity contribution in [1.29, 1.82) is 0 Å². The van der Waals surface area contributed by atoms with Crippen molar-refractivity contribution in [2.24, 2.45) is 0 Å². The average molecular weight is 417 g/mol. The largest absolute Gasteiger partial charge is 0.493 e. The lowest BCUT2D eigenvalue weighted by Crippen LogP contribution is -2.10. The van der Waals surface area contributed by atoms with Crippen molar-refractivity contribution >= 4 is 11.8 Å². The zero-order valence-corrected chi connectivity index (χ0v) is 17.8. The van der Waals surface area contributed by atoms with E-state index in [-0.39, 0.29) is 12.3 Å². The van der Waals surface area contributed by atoms with Gasteiger partial charge in [-0.15, -0.1) is 0 Å². The molecular formula is C26H28N2O3. The van der Waals surface area contributed by atoms with E-state index in [0.717, 1.165) is 48.5 Å². The summed E-state index contributed by atoms with van der Waals surface area (Å²) >= 11 is 0. The number of pyridine rings is 1. The molecule has 160 valence electrons. The molecular weight excluding hydrogens is 388 g/mol. The van der Waals surface area contributed by atoms with Crippen LogP contribution in [-0.2, 0) is 17.6 Å². The van der Waals surface area contributed by atoms with Gasteiger partial charge in [-0.25, -0.2) is 4.98 Å². The van der Waals surface area contributed by atoms with Gasteiger partial charge in [-0.2, -0.15) is 0 Å². The van der Waals surface area contributed by atoms with Gasteiger partial charge < -0.3 is 15.2 Å². The Morgan fingerprint density at radius 3 is 2.77 bits per heavy atom. The molecule has 1 aliphatic carbocycles. The van der Waals surface area contributed by atoms with Crippen LogP contribution >= 0.6 is 0 Å².